The molecule has 96 valence electrons. The molecule has 1 saturated carbocycles. The van der Waals surface area contributed by atoms with Gasteiger partial charge < -0.3 is 15.5 Å². The first kappa shape index (κ1) is 12.4. The Morgan fingerprint density at radius 2 is 1.94 bits per heavy atom. The van der Waals surface area contributed by atoms with E-state index in [-0.39, 0.29) is 5.91 Å². The first-order valence-electron chi connectivity index (χ1n) is 6.28. The van der Waals surface area contributed by atoms with Gasteiger partial charge in [0.25, 0.3) is 0 Å². The predicted octanol–water partition coefficient (Wildman–Crippen LogP) is -0.419. The van der Waals surface area contributed by atoms with E-state index in [1.165, 1.54) is 0 Å². The number of rotatable bonds is 2. The largest absolute Gasteiger partial charge is 0.348 e. The van der Waals surface area contributed by atoms with Gasteiger partial charge in [-0.25, -0.2) is 0 Å². The normalized spacial score (nSPS) is 26.5. The van der Waals surface area contributed by atoms with E-state index in [1.54, 1.807) is 4.90 Å². The summed E-state index contributed by atoms with van der Waals surface area (Å²) in [6.45, 7) is 7.79. The fourth-order valence-electron chi connectivity index (χ4n) is 2.23. The number of carbonyl (C=O) groups is 2. The van der Waals surface area contributed by atoms with Crippen LogP contribution in [-0.2, 0) is 9.59 Å². The van der Waals surface area contributed by atoms with E-state index in [2.05, 4.69) is 24.5 Å². The van der Waals surface area contributed by atoms with Crippen LogP contribution in [-0.4, -0.2) is 49.4 Å². The molecule has 2 rings (SSSR count). The highest BCUT2D eigenvalue weighted by Crippen LogP contribution is 2.50. The van der Waals surface area contributed by atoms with E-state index in [9.17, 15) is 9.59 Å². The zero-order valence-electron chi connectivity index (χ0n) is 10.6. The second-order valence-electron chi connectivity index (χ2n) is 5.64. The first-order valence-corrected chi connectivity index (χ1v) is 6.28. The van der Waals surface area contributed by atoms with Crippen molar-refractivity contribution in [3.63, 3.8) is 0 Å². The van der Waals surface area contributed by atoms with E-state index < -0.39 is 5.91 Å². The molecule has 2 N–H and O–H groups in total. The van der Waals surface area contributed by atoms with Gasteiger partial charge in [0.1, 0.15) is 0 Å². The molecule has 0 aromatic rings. The summed E-state index contributed by atoms with van der Waals surface area (Å²) >= 11 is 0. The van der Waals surface area contributed by atoms with Crippen molar-refractivity contribution in [2.75, 3.05) is 32.7 Å². The first-order chi connectivity index (χ1) is 8.00. The second-order valence-corrected chi connectivity index (χ2v) is 5.64. The highest BCUT2D eigenvalue weighted by Gasteiger charge is 2.45. The molecule has 0 bridgehead atoms. The van der Waals surface area contributed by atoms with E-state index in [4.69, 9.17) is 0 Å². The van der Waals surface area contributed by atoms with Crippen LogP contribution >= 0.6 is 0 Å². The van der Waals surface area contributed by atoms with E-state index in [1.807, 2.05) is 0 Å². The minimum absolute atomic E-state index is 0.339. The maximum absolute atomic E-state index is 11.8. The number of hydrogen-bond donors (Lipinski definition) is 2. The van der Waals surface area contributed by atoms with Gasteiger partial charge in [-0.15, -0.1) is 0 Å². The number of nitrogens with zero attached hydrogens (tertiary/aromatic N) is 1. The maximum atomic E-state index is 11.8. The highest BCUT2D eigenvalue weighted by molar-refractivity contribution is 6.35. The lowest BCUT2D eigenvalue weighted by Crippen LogP contribution is -2.51. The quantitative estimate of drug-likeness (QED) is 0.643. The summed E-state index contributed by atoms with van der Waals surface area (Å²) in [6.07, 6.45) is 1.13. The lowest BCUT2D eigenvalue weighted by atomic mass is 10.1. The van der Waals surface area contributed by atoms with Gasteiger partial charge in [-0.3, -0.25) is 9.59 Å². The van der Waals surface area contributed by atoms with Gasteiger partial charge in [-0.2, -0.15) is 0 Å². The van der Waals surface area contributed by atoms with Crippen LogP contribution in [0.25, 0.3) is 0 Å². The van der Waals surface area contributed by atoms with Crippen LogP contribution in [0.4, 0.5) is 0 Å². The number of piperazine rings is 1. The Labute approximate surface area is 102 Å². The third-order valence-corrected chi connectivity index (χ3v) is 3.83. The molecule has 0 spiro atoms. The zero-order valence-corrected chi connectivity index (χ0v) is 10.6. The van der Waals surface area contributed by atoms with E-state index in [0.29, 0.717) is 31.0 Å². The topological polar surface area (TPSA) is 61.4 Å². The SMILES string of the molecule is CC1(C)CC1CNC(=O)C(=O)N1CCNCC1. The molecule has 5 nitrogen and oxygen atoms in total. The molecule has 1 atom stereocenters. The standard InChI is InChI=1S/C12H21N3O2/c1-12(2)7-9(12)8-14-10(16)11(17)15-5-3-13-4-6-15/h9,13H,3-8H2,1-2H3,(H,14,16). The van der Waals surface area contributed by atoms with Gasteiger partial charge in [-0.1, -0.05) is 13.8 Å². The Morgan fingerprint density at radius 3 is 2.47 bits per heavy atom. The smallest absolute Gasteiger partial charge is 0.311 e. The predicted molar refractivity (Wildman–Crippen MR) is 64.3 cm³/mol. The molecule has 5 heteroatoms. The minimum atomic E-state index is -0.449. The fraction of sp³-hybridized carbons (Fsp3) is 0.833. The van der Waals surface area contributed by atoms with Crippen molar-refractivity contribution in [2.24, 2.45) is 11.3 Å². The molecule has 0 aromatic heterocycles. The molecule has 1 aliphatic heterocycles. The summed E-state index contributed by atoms with van der Waals surface area (Å²) in [7, 11) is 0. The Hall–Kier alpha value is -1.10. The molecule has 0 aromatic carbocycles. The summed E-state index contributed by atoms with van der Waals surface area (Å²) < 4.78 is 0. The van der Waals surface area contributed by atoms with Crippen LogP contribution in [0.15, 0.2) is 0 Å². The van der Waals surface area contributed by atoms with Crippen molar-refractivity contribution in [2.45, 2.75) is 20.3 Å². The lowest BCUT2D eigenvalue weighted by molar-refractivity contribution is -0.146. The number of nitrogens with one attached hydrogen (secondary N) is 2. The molecule has 1 saturated heterocycles. The molecule has 1 unspecified atom stereocenters. The summed E-state index contributed by atoms with van der Waals surface area (Å²) in [4.78, 5) is 25.1. The molecule has 17 heavy (non-hydrogen) atoms. The molecular weight excluding hydrogens is 218 g/mol. The fourth-order valence-corrected chi connectivity index (χ4v) is 2.23. The van der Waals surface area contributed by atoms with Gasteiger partial charge in [0.2, 0.25) is 0 Å². The summed E-state index contributed by atoms with van der Waals surface area (Å²) in [6, 6.07) is 0. The maximum Gasteiger partial charge on any atom is 0.311 e. The monoisotopic (exact) mass is 239 g/mol. The Kier molecular flexibility index (Phi) is 3.38. The van der Waals surface area contributed by atoms with Crippen LogP contribution in [0.5, 0.6) is 0 Å². The Bertz CT molecular complexity index is 322. The van der Waals surface area contributed by atoms with Crippen LogP contribution in [0.3, 0.4) is 0 Å². The third-order valence-electron chi connectivity index (χ3n) is 3.83. The van der Waals surface area contributed by atoms with Crippen LogP contribution in [0, 0.1) is 11.3 Å². The Balaban J connectivity index is 1.73. The van der Waals surface area contributed by atoms with E-state index in [0.717, 1.165) is 19.5 Å². The highest BCUT2D eigenvalue weighted by atomic mass is 16.2. The zero-order chi connectivity index (χ0) is 12.5. The third kappa shape index (κ3) is 2.97. The van der Waals surface area contributed by atoms with Gasteiger partial charge >= 0.3 is 11.8 Å². The van der Waals surface area contributed by atoms with Crippen molar-refractivity contribution >= 4 is 11.8 Å². The molecular formula is C12H21N3O2. The van der Waals surface area contributed by atoms with Crippen molar-refractivity contribution in [3.05, 3.63) is 0 Å². The molecule has 2 aliphatic rings. The van der Waals surface area contributed by atoms with Crippen molar-refractivity contribution < 1.29 is 9.59 Å². The number of amides is 2. The summed E-state index contributed by atoms with van der Waals surface area (Å²) in [5, 5.41) is 5.90. The minimum Gasteiger partial charge on any atom is -0.348 e. The molecule has 2 amide bonds. The van der Waals surface area contributed by atoms with Crippen LogP contribution in [0.2, 0.25) is 0 Å². The molecule has 2 fully saturated rings. The van der Waals surface area contributed by atoms with Crippen molar-refractivity contribution in [3.8, 4) is 0 Å². The van der Waals surface area contributed by atoms with Crippen LogP contribution < -0.4 is 10.6 Å². The van der Waals surface area contributed by atoms with Crippen molar-refractivity contribution in [1.82, 2.24) is 15.5 Å². The number of carbonyl (C=O) groups excluding carboxylic acids is 2. The summed E-state index contributed by atoms with van der Waals surface area (Å²) in [5.74, 6) is -0.304. The van der Waals surface area contributed by atoms with Gasteiger partial charge in [0.15, 0.2) is 0 Å². The molecule has 0 radical (unpaired) electrons. The average molecular weight is 239 g/mol. The lowest BCUT2D eigenvalue weighted by Gasteiger charge is -2.26. The average Bonchev–Trinajstić information content (AvgIpc) is 2.94. The second kappa shape index (κ2) is 4.64. The summed E-state index contributed by atoms with van der Waals surface area (Å²) in [5.41, 5.74) is 0.339. The van der Waals surface area contributed by atoms with Crippen molar-refractivity contribution in [1.29, 1.82) is 0 Å². The van der Waals surface area contributed by atoms with Gasteiger partial charge in [0, 0.05) is 32.7 Å². The van der Waals surface area contributed by atoms with Gasteiger partial charge in [-0.05, 0) is 17.8 Å². The number of hydrogen-bond acceptors (Lipinski definition) is 3. The van der Waals surface area contributed by atoms with Crippen LogP contribution in [0.1, 0.15) is 20.3 Å². The molecule has 1 heterocycles. The van der Waals surface area contributed by atoms with Gasteiger partial charge in [0.05, 0.1) is 0 Å². The molecule has 1 aliphatic carbocycles. The Morgan fingerprint density at radius 1 is 1.35 bits per heavy atom. The van der Waals surface area contributed by atoms with E-state index >= 15 is 0 Å².